The number of imidazole rings is 1. The zero-order valence-corrected chi connectivity index (χ0v) is 20.4. The maximum Gasteiger partial charge on any atom is 0.412 e. The molecule has 1 saturated heterocycles. The van der Waals surface area contributed by atoms with Crippen LogP contribution >= 0.6 is 23.2 Å². The third-order valence-corrected chi connectivity index (χ3v) is 7.50. The lowest BCUT2D eigenvalue weighted by molar-refractivity contribution is -0.0937. The van der Waals surface area contributed by atoms with E-state index in [0.29, 0.717) is 52.3 Å². The lowest BCUT2D eigenvalue weighted by atomic mass is 9.90. The quantitative estimate of drug-likeness (QED) is 0.548. The van der Waals surface area contributed by atoms with Crippen LogP contribution in [0.3, 0.4) is 0 Å². The highest BCUT2D eigenvalue weighted by Crippen LogP contribution is 2.41. The third-order valence-electron chi connectivity index (χ3n) is 6.68. The lowest BCUT2D eigenvalue weighted by Crippen LogP contribution is -2.45. The topological polar surface area (TPSA) is 41.3 Å². The standard InChI is InChI=1S/C24H28Cl2F3N3O/c1-14-9-16(24(27,28)29)10-19-22(14)30-20(31(19)3)11-17-18(25)6-5-15(21(17)26)12-32-8-4-7-23(2,33)13-32/h5-6,10,14,33H,4,7-9,11-13H2,1-3H3. The molecule has 180 valence electrons. The Kier molecular flexibility index (Phi) is 6.64. The fraction of sp³-hybridized carbons (Fsp3) is 0.542. The summed E-state index contributed by atoms with van der Waals surface area (Å²) in [4.78, 5) is 6.85. The van der Waals surface area contributed by atoms with Crippen molar-refractivity contribution in [3.8, 4) is 0 Å². The maximum atomic E-state index is 13.3. The van der Waals surface area contributed by atoms with Crippen LogP contribution in [-0.4, -0.2) is 44.4 Å². The number of alkyl halides is 3. The first-order chi connectivity index (χ1) is 15.4. The van der Waals surface area contributed by atoms with Crippen LogP contribution in [0.4, 0.5) is 13.2 Å². The van der Waals surface area contributed by atoms with Gasteiger partial charge in [-0.2, -0.15) is 13.2 Å². The molecule has 33 heavy (non-hydrogen) atoms. The summed E-state index contributed by atoms with van der Waals surface area (Å²) in [6.07, 6.45) is -1.23. The molecule has 0 saturated carbocycles. The number of hydrogen-bond donors (Lipinski definition) is 1. The van der Waals surface area contributed by atoms with Crippen LogP contribution < -0.4 is 0 Å². The maximum absolute atomic E-state index is 13.3. The number of hydrogen-bond acceptors (Lipinski definition) is 3. The second-order valence-electron chi connectivity index (χ2n) is 9.62. The van der Waals surface area contributed by atoms with Crippen molar-refractivity contribution in [2.75, 3.05) is 13.1 Å². The van der Waals surface area contributed by atoms with Gasteiger partial charge in [-0.3, -0.25) is 4.90 Å². The smallest absolute Gasteiger partial charge is 0.389 e. The van der Waals surface area contributed by atoms with Crippen molar-refractivity contribution in [2.24, 2.45) is 7.05 Å². The van der Waals surface area contributed by atoms with Crippen LogP contribution in [0.2, 0.25) is 10.0 Å². The molecule has 4 nitrogen and oxygen atoms in total. The summed E-state index contributed by atoms with van der Waals surface area (Å²) in [5.74, 6) is 0.291. The van der Waals surface area contributed by atoms with Gasteiger partial charge < -0.3 is 9.67 Å². The molecule has 2 aliphatic rings. The van der Waals surface area contributed by atoms with E-state index in [-0.39, 0.29) is 12.3 Å². The average Bonchev–Trinajstić information content (AvgIpc) is 3.02. The number of allylic oxidation sites excluding steroid dienone is 1. The molecule has 9 heteroatoms. The second kappa shape index (κ2) is 8.91. The summed E-state index contributed by atoms with van der Waals surface area (Å²) in [5.41, 5.74) is 1.51. The first-order valence-electron chi connectivity index (χ1n) is 11.1. The Morgan fingerprint density at radius 3 is 2.67 bits per heavy atom. The minimum Gasteiger partial charge on any atom is -0.389 e. The molecule has 4 rings (SSSR count). The molecule has 1 aliphatic heterocycles. The van der Waals surface area contributed by atoms with Crippen molar-refractivity contribution >= 4 is 29.3 Å². The average molecular weight is 502 g/mol. The largest absolute Gasteiger partial charge is 0.412 e. The molecule has 2 unspecified atom stereocenters. The van der Waals surface area contributed by atoms with Crippen LogP contribution in [-0.2, 0) is 20.0 Å². The molecule has 1 aliphatic carbocycles. The van der Waals surface area contributed by atoms with Gasteiger partial charge in [0.05, 0.1) is 22.0 Å². The van der Waals surface area contributed by atoms with Gasteiger partial charge >= 0.3 is 6.18 Å². The number of halogens is 5. The van der Waals surface area contributed by atoms with Crippen LogP contribution in [0.5, 0.6) is 0 Å². The van der Waals surface area contributed by atoms with Gasteiger partial charge in [-0.25, -0.2) is 4.98 Å². The predicted molar refractivity (Wildman–Crippen MR) is 125 cm³/mol. The highest BCUT2D eigenvalue weighted by molar-refractivity contribution is 6.36. The van der Waals surface area contributed by atoms with E-state index in [4.69, 9.17) is 23.2 Å². The van der Waals surface area contributed by atoms with Gasteiger partial charge in [-0.15, -0.1) is 0 Å². The van der Waals surface area contributed by atoms with Crippen molar-refractivity contribution in [3.05, 3.63) is 56.1 Å². The van der Waals surface area contributed by atoms with E-state index in [0.717, 1.165) is 24.9 Å². The van der Waals surface area contributed by atoms with Gasteiger partial charge in [0.1, 0.15) is 5.82 Å². The van der Waals surface area contributed by atoms with Gasteiger partial charge in [0.25, 0.3) is 0 Å². The predicted octanol–water partition coefficient (Wildman–Crippen LogP) is 6.12. The van der Waals surface area contributed by atoms with Crippen LogP contribution in [0.1, 0.15) is 67.4 Å². The van der Waals surface area contributed by atoms with Crippen LogP contribution in [0, 0.1) is 0 Å². The van der Waals surface area contributed by atoms with Crippen molar-refractivity contribution < 1.29 is 18.3 Å². The molecule has 0 spiro atoms. The molecule has 0 amide bonds. The molecule has 2 aromatic rings. The van der Waals surface area contributed by atoms with Crippen molar-refractivity contribution in [2.45, 2.75) is 63.8 Å². The number of fused-ring (bicyclic) bond motifs is 1. The van der Waals surface area contributed by atoms with Gasteiger partial charge in [-0.05, 0) is 56.0 Å². The molecule has 1 N–H and O–H groups in total. The number of β-amino-alcohol motifs (C(OH)–C–C–N with tert-alkyl or cyclic N) is 1. The Bertz CT molecular complexity index is 1090. The van der Waals surface area contributed by atoms with E-state index in [1.54, 1.807) is 24.6 Å². The summed E-state index contributed by atoms with van der Waals surface area (Å²) in [7, 11) is 1.73. The number of benzene rings is 1. The van der Waals surface area contributed by atoms with E-state index in [1.807, 2.05) is 13.0 Å². The lowest BCUT2D eigenvalue weighted by Gasteiger charge is -2.37. The number of rotatable bonds is 4. The number of aliphatic hydroxyl groups is 1. The summed E-state index contributed by atoms with van der Waals surface area (Å²) in [6, 6.07) is 3.69. The van der Waals surface area contributed by atoms with E-state index in [9.17, 15) is 18.3 Å². The van der Waals surface area contributed by atoms with Gasteiger partial charge in [-0.1, -0.05) is 36.2 Å². The van der Waals surface area contributed by atoms with E-state index >= 15 is 0 Å². The highest BCUT2D eigenvalue weighted by atomic mass is 35.5. The van der Waals surface area contributed by atoms with E-state index < -0.39 is 17.4 Å². The Labute approximate surface area is 202 Å². The summed E-state index contributed by atoms with van der Waals surface area (Å²) >= 11 is 13.3. The summed E-state index contributed by atoms with van der Waals surface area (Å²) < 4.78 is 41.7. The zero-order chi connectivity index (χ0) is 24.1. The van der Waals surface area contributed by atoms with Crippen molar-refractivity contribution in [3.63, 3.8) is 0 Å². The Hall–Kier alpha value is -1.54. The zero-order valence-electron chi connectivity index (χ0n) is 18.9. The number of nitrogens with zero attached hydrogens (tertiary/aromatic N) is 3. The minimum absolute atomic E-state index is 0.0798. The second-order valence-corrected chi connectivity index (χ2v) is 10.4. The molecule has 2 heterocycles. The first-order valence-corrected chi connectivity index (χ1v) is 11.8. The highest BCUT2D eigenvalue weighted by Gasteiger charge is 2.38. The monoisotopic (exact) mass is 501 g/mol. The van der Waals surface area contributed by atoms with Crippen molar-refractivity contribution in [1.82, 2.24) is 14.5 Å². The molecular weight excluding hydrogens is 474 g/mol. The van der Waals surface area contributed by atoms with Crippen molar-refractivity contribution in [1.29, 1.82) is 0 Å². The molecule has 1 aromatic carbocycles. The summed E-state index contributed by atoms with van der Waals surface area (Å²) in [5, 5.41) is 11.4. The summed E-state index contributed by atoms with van der Waals surface area (Å²) in [6.45, 7) is 5.64. The number of aromatic nitrogens is 2. The fourth-order valence-corrected chi connectivity index (χ4v) is 5.47. The van der Waals surface area contributed by atoms with Gasteiger partial charge in [0.2, 0.25) is 0 Å². The van der Waals surface area contributed by atoms with Crippen LogP contribution in [0.15, 0.2) is 17.7 Å². The van der Waals surface area contributed by atoms with E-state index in [1.165, 1.54) is 6.08 Å². The van der Waals surface area contributed by atoms with Crippen LogP contribution in [0.25, 0.3) is 6.08 Å². The molecular formula is C24H28Cl2F3N3O. The number of piperidine rings is 1. The Balaban J connectivity index is 1.63. The molecule has 2 atom stereocenters. The Morgan fingerprint density at radius 1 is 1.27 bits per heavy atom. The molecule has 1 aromatic heterocycles. The SMILES string of the molecule is CC1CC(C(F)(F)F)=Cc2c1nc(Cc1c(Cl)ccc(CN3CCCC(C)(O)C3)c1Cl)n2C. The molecule has 1 fully saturated rings. The van der Waals surface area contributed by atoms with Gasteiger partial charge in [0, 0.05) is 43.1 Å². The Morgan fingerprint density at radius 2 is 2.00 bits per heavy atom. The van der Waals surface area contributed by atoms with E-state index in [2.05, 4.69) is 9.88 Å². The molecule has 0 bridgehead atoms. The first kappa shape index (κ1) is 24.6. The fourth-order valence-electron chi connectivity index (χ4n) is 4.91. The van der Waals surface area contributed by atoms with Gasteiger partial charge in [0.15, 0.2) is 0 Å². The normalized spacial score (nSPS) is 24.0. The number of likely N-dealkylation sites (tertiary alicyclic amines) is 1. The minimum atomic E-state index is -4.35. The third kappa shape index (κ3) is 5.11. The molecule has 0 radical (unpaired) electrons.